The van der Waals surface area contributed by atoms with Gasteiger partial charge in [0.05, 0.1) is 18.7 Å². The lowest BCUT2D eigenvalue weighted by atomic mass is 9.78. The van der Waals surface area contributed by atoms with Crippen molar-refractivity contribution >= 4 is 17.6 Å². The van der Waals surface area contributed by atoms with Crippen LogP contribution in [0.2, 0.25) is 0 Å². The summed E-state index contributed by atoms with van der Waals surface area (Å²) < 4.78 is 5.85. The zero-order valence-electron chi connectivity index (χ0n) is 15.2. The number of carbonyl (C=O) groups is 2. The lowest BCUT2D eigenvalue weighted by Crippen LogP contribution is -2.43. The van der Waals surface area contributed by atoms with Crippen molar-refractivity contribution in [2.45, 2.75) is 24.5 Å². The van der Waals surface area contributed by atoms with Crippen molar-refractivity contribution in [3.05, 3.63) is 102 Å². The molecular weight excluding hydrogens is 350 g/mol. The average molecular weight is 369 g/mol. The Balaban J connectivity index is 1.65. The second-order valence-corrected chi connectivity index (χ2v) is 7.27. The Labute approximate surface area is 163 Å². The van der Waals surface area contributed by atoms with E-state index in [2.05, 4.69) is 0 Å². The third kappa shape index (κ3) is 2.38. The fourth-order valence-electron chi connectivity index (χ4n) is 4.45. The van der Waals surface area contributed by atoms with Crippen molar-refractivity contribution in [3.63, 3.8) is 0 Å². The lowest BCUT2D eigenvalue weighted by Gasteiger charge is -2.29. The number of para-hydroxylation sites is 1. The molecule has 4 nitrogen and oxygen atoms in total. The third-order valence-electron chi connectivity index (χ3n) is 5.68. The molecule has 0 bridgehead atoms. The van der Waals surface area contributed by atoms with E-state index in [0.29, 0.717) is 6.54 Å². The van der Waals surface area contributed by atoms with Gasteiger partial charge < -0.3 is 9.64 Å². The highest BCUT2D eigenvalue weighted by Gasteiger charge is 2.63. The number of carbonyl (C=O) groups excluding carboxylic acids is 2. The zero-order valence-corrected chi connectivity index (χ0v) is 15.2. The largest absolute Gasteiger partial charge is 0.443 e. The van der Waals surface area contributed by atoms with Crippen LogP contribution in [0, 0.1) is 0 Å². The minimum Gasteiger partial charge on any atom is -0.443 e. The Morgan fingerprint density at radius 3 is 2.25 bits per heavy atom. The maximum absolute atomic E-state index is 13.8. The second kappa shape index (κ2) is 6.34. The zero-order chi connectivity index (χ0) is 19.1. The van der Waals surface area contributed by atoms with E-state index < -0.39 is 5.60 Å². The summed E-state index contributed by atoms with van der Waals surface area (Å²) in [6.45, 7) is 0.442. The molecule has 3 aromatic rings. The minimum atomic E-state index is -1.29. The number of hydrogen-bond donors (Lipinski definition) is 0. The van der Waals surface area contributed by atoms with Crippen LogP contribution >= 0.6 is 0 Å². The summed E-state index contributed by atoms with van der Waals surface area (Å²) in [7, 11) is 0. The number of esters is 1. The molecule has 0 radical (unpaired) electrons. The van der Waals surface area contributed by atoms with Crippen LogP contribution in [0.5, 0.6) is 0 Å². The van der Waals surface area contributed by atoms with Gasteiger partial charge in [-0.25, -0.2) is 0 Å². The number of amides is 1. The number of anilines is 1. The van der Waals surface area contributed by atoms with E-state index in [1.165, 1.54) is 0 Å². The van der Waals surface area contributed by atoms with Crippen LogP contribution in [0.25, 0.3) is 0 Å². The second-order valence-electron chi connectivity index (χ2n) is 7.27. The van der Waals surface area contributed by atoms with Crippen LogP contribution in [0.4, 0.5) is 5.69 Å². The highest BCUT2D eigenvalue weighted by Crippen LogP contribution is 2.55. The maximum Gasteiger partial charge on any atom is 0.308 e. The van der Waals surface area contributed by atoms with Crippen molar-refractivity contribution in [1.29, 1.82) is 0 Å². The van der Waals surface area contributed by atoms with Crippen molar-refractivity contribution in [2.75, 3.05) is 4.90 Å². The Morgan fingerprint density at radius 1 is 0.857 bits per heavy atom. The molecule has 1 amide bonds. The van der Waals surface area contributed by atoms with E-state index in [0.717, 1.165) is 22.4 Å². The molecule has 2 aliphatic heterocycles. The quantitative estimate of drug-likeness (QED) is 0.652. The molecule has 4 heteroatoms. The first-order valence-corrected chi connectivity index (χ1v) is 9.42. The van der Waals surface area contributed by atoms with Crippen LogP contribution in [0.1, 0.15) is 29.0 Å². The summed E-state index contributed by atoms with van der Waals surface area (Å²) >= 11 is 0. The molecule has 2 heterocycles. The van der Waals surface area contributed by atoms with Gasteiger partial charge in [-0.15, -0.1) is 0 Å². The van der Waals surface area contributed by atoms with Crippen molar-refractivity contribution in [2.24, 2.45) is 0 Å². The molecule has 0 unspecified atom stereocenters. The normalized spacial score (nSPS) is 23.1. The standard InChI is InChI=1S/C24H19NO3/c26-22-15-20(18-11-5-2-6-12-18)24(28-22)19-13-7-8-14-21(19)25(23(24)27)16-17-9-3-1-4-10-17/h1-14,20H,15-16H2/t20-,24-/m1/s1. The van der Waals surface area contributed by atoms with Gasteiger partial charge in [0.25, 0.3) is 5.91 Å². The Kier molecular flexibility index (Phi) is 3.79. The first kappa shape index (κ1) is 16.8. The number of benzene rings is 3. The van der Waals surface area contributed by atoms with Crippen LogP contribution in [-0.4, -0.2) is 11.9 Å². The molecule has 1 spiro atoms. The third-order valence-corrected chi connectivity index (χ3v) is 5.68. The van der Waals surface area contributed by atoms with Crippen molar-refractivity contribution in [3.8, 4) is 0 Å². The Hall–Kier alpha value is -3.40. The lowest BCUT2D eigenvalue weighted by molar-refractivity contribution is -0.158. The van der Waals surface area contributed by atoms with Crippen LogP contribution in [-0.2, 0) is 26.5 Å². The number of fused-ring (bicyclic) bond motifs is 2. The molecule has 3 aromatic carbocycles. The van der Waals surface area contributed by atoms with Crippen LogP contribution < -0.4 is 4.90 Å². The van der Waals surface area contributed by atoms with Crippen molar-refractivity contribution in [1.82, 2.24) is 0 Å². The van der Waals surface area contributed by atoms with E-state index in [9.17, 15) is 9.59 Å². The van der Waals surface area contributed by atoms with Gasteiger partial charge in [0.1, 0.15) is 0 Å². The molecule has 28 heavy (non-hydrogen) atoms. The van der Waals surface area contributed by atoms with E-state index in [1.54, 1.807) is 4.90 Å². The monoisotopic (exact) mass is 369 g/mol. The molecule has 1 saturated heterocycles. The van der Waals surface area contributed by atoms with Gasteiger partial charge in [0, 0.05) is 11.5 Å². The number of nitrogens with zero attached hydrogens (tertiary/aromatic N) is 1. The summed E-state index contributed by atoms with van der Waals surface area (Å²) in [6, 6.07) is 27.2. The molecule has 1 fully saturated rings. The van der Waals surface area contributed by atoms with Gasteiger partial charge in [0.2, 0.25) is 5.60 Å². The van der Waals surface area contributed by atoms with Gasteiger partial charge in [-0.3, -0.25) is 9.59 Å². The summed E-state index contributed by atoms with van der Waals surface area (Å²) in [5.41, 5.74) is 2.27. The molecule has 2 aliphatic rings. The van der Waals surface area contributed by atoms with Gasteiger partial charge in [-0.2, -0.15) is 0 Å². The predicted molar refractivity (Wildman–Crippen MR) is 106 cm³/mol. The summed E-state index contributed by atoms with van der Waals surface area (Å²) in [5.74, 6) is -0.841. The van der Waals surface area contributed by atoms with Crippen LogP contribution in [0.3, 0.4) is 0 Å². The van der Waals surface area contributed by atoms with Gasteiger partial charge in [-0.1, -0.05) is 78.9 Å². The van der Waals surface area contributed by atoms with E-state index >= 15 is 0 Å². The summed E-state index contributed by atoms with van der Waals surface area (Å²) in [6.07, 6.45) is 0.198. The fourth-order valence-corrected chi connectivity index (χ4v) is 4.45. The SMILES string of the molecule is O=C1C[C@H](c2ccccc2)[C@@]2(O1)C(=O)N(Cc1ccccc1)c1ccccc12. The van der Waals surface area contributed by atoms with Gasteiger partial charge in [-0.05, 0) is 17.2 Å². The molecule has 0 saturated carbocycles. The van der Waals surface area contributed by atoms with E-state index in [1.807, 2.05) is 84.9 Å². The number of hydrogen-bond acceptors (Lipinski definition) is 3. The molecule has 138 valence electrons. The topological polar surface area (TPSA) is 46.6 Å². The number of rotatable bonds is 3. The average Bonchev–Trinajstić information content (AvgIpc) is 3.21. The predicted octanol–water partition coefficient (Wildman–Crippen LogP) is 4.16. The summed E-state index contributed by atoms with van der Waals surface area (Å²) in [5, 5.41) is 0. The summed E-state index contributed by atoms with van der Waals surface area (Å²) in [4.78, 5) is 27.9. The molecule has 0 N–H and O–H groups in total. The molecule has 5 rings (SSSR count). The fraction of sp³-hybridized carbons (Fsp3) is 0.167. The molecule has 0 aliphatic carbocycles. The van der Waals surface area contributed by atoms with Gasteiger partial charge >= 0.3 is 5.97 Å². The first-order chi connectivity index (χ1) is 13.7. The smallest absolute Gasteiger partial charge is 0.308 e. The Morgan fingerprint density at radius 2 is 1.50 bits per heavy atom. The molecular formula is C24H19NO3. The molecule has 2 atom stereocenters. The van der Waals surface area contributed by atoms with Crippen molar-refractivity contribution < 1.29 is 14.3 Å². The van der Waals surface area contributed by atoms with E-state index in [-0.39, 0.29) is 24.2 Å². The highest BCUT2D eigenvalue weighted by atomic mass is 16.6. The van der Waals surface area contributed by atoms with E-state index in [4.69, 9.17) is 4.74 Å². The minimum absolute atomic E-state index is 0.169. The number of ether oxygens (including phenoxy) is 1. The van der Waals surface area contributed by atoms with Gasteiger partial charge in [0.15, 0.2) is 0 Å². The Bertz CT molecular complexity index is 1050. The molecule has 0 aromatic heterocycles. The maximum atomic E-state index is 13.8. The first-order valence-electron chi connectivity index (χ1n) is 9.42. The highest BCUT2D eigenvalue weighted by molar-refractivity contribution is 6.09. The van der Waals surface area contributed by atoms with Crippen LogP contribution in [0.15, 0.2) is 84.9 Å².